The smallest absolute Gasteiger partial charge is 0.349 e. The van der Waals surface area contributed by atoms with Gasteiger partial charge >= 0.3 is 5.97 Å². The predicted octanol–water partition coefficient (Wildman–Crippen LogP) is 4.85. The Morgan fingerprint density at radius 1 is 1.11 bits per heavy atom. The van der Waals surface area contributed by atoms with Crippen molar-refractivity contribution in [1.29, 1.82) is 0 Å². The van der Waals surface area contributed by atoms with Gasteiger partial charge in [0.15, 0.2) is 6.61 Å². The van der Waals surface area contributed by atoms with Crippen LogP contribution in [-0.4, -0.2) is 18.5 Å². The molecule has 6 heteroatoms. The summed E-state index contributed by atoms with van der Waals surface area (Å²) < 4.78 is 5.18. The molecule has 138 valence electrons. The van der Waals surface area contributed by atoms with Crippen LogP contribution in [0.5, 0.6) is 0 Å². The first kappa shape index (κ1) is 19.1. The Morgan fingerprint density at radius 2 is 1.89 bits per heavy atom. The second-order valence-electron chi connectivity index (χ2n) is 6.01. The van der Waals surface area contributed by atoms with E-state index in [0.717, 1.165) is 22.3 Å². The molecule has 0 fully saturated rings. The van der Waals surface area contributed by atoms with Crippen molar-refractivity contribution in [1.82, 2.24) is 5.32 Å². The summed E-state index contributed by atoms with van der Waals surface area (Å²) in [5.41, 5.74) is 3.78. The average Bonchev–Trinajstić information content (AvgIpc) is 3.15. The molecule has 0 bridgehead atoms. The fourth-order valence-electron chi connectivity index (χ4n) is 2.52. The number of esters is 1. The minimum atomic E-state index is -0.501. The molecule has 0 atom stereocenters. The van der Waals surface area contributed by atoms with E-state index in [1.807, 2.05) is 54.8 Å². The molecule has 0 radical (unpaired) electrons. The van der Waals surface area contributed by atoms with Crippen molar-refractivity contribution in [3.05, 3.63) is 81.0 Å². The van der Waals surface area contributed by atoms with Crippen LogP contribution in [0.2, 0.25) is 5.02 Å². The van der Waals surface area contributed by atoms with Gasteiger partial charge in [0.1, 0.15) is 4.88 Å². The molecule has 0 aliphatic heterocycles. The molecule has 0 saturated carbocycles. The van der Waals surface area contributed by atoms with E-state index in [2.05, 4.69) is 5.32 Å². The van der Waals surface area contributed by atoms with Gasteiger partial charge in [-0.15, -0.1) is 11.3 Å². The number of carbonyl (C=O) groups is 2. The van der Waals surface area contributed by atoms with Gasteiger partial charge in [0, 0.05) is 17.1 Å². The Morgan fingerprint density at radius 3 is 2.63 bits per heavy atom. The summed E-state index contributed by atoms with van der Waals surface area (Å²) in [5.74, 6) is -0.866. The van der Waals surface area contributed by atoms with Crippen molar-refractivity contribution in [2.24, 2.45) is 0 Å². The van der Waals surface area contributed by atoms with Crippen LogP contribution in [0.1, 0.15) is 20.8 Å². The van der Waals surface area contributed by atoms with Crippen molar-refractivity contribution in [2.75, 3.05) is 6.61 Å². The molecule has 2 aromatic carbocycles. The molecular weight excluding hydrogens is 382 g/mol. The fraction of sp³-hybridized carbons (Fsp3) is 0.143. The van der Waals surface area contributed by atoms with Crippen molar-refractivity contribution in [2.45, 2.75) is 13.5 Å². The zero-order valence-corrected chi connectivity index (χ0v) is 16.3. The third-order valence-corrected chi connectivity index (χ3v) is 5.06. The normalized spacial score (nSPS) is 10.4. The molecule has 1 heterocycles. The maximum atomic E-state index is 12.4. The molecule has 1 amide bonds. The summed E-state index contributed by atoms with van der Waals surface area (Å²) >= 11 is 7.21. The van der Waals surface area contributed by atoms with Gasteiger partial charge in [0.2, 0.25) is 0 Å². The zero-order chi connectivity index (χ0) is 19.2. The van der Waals surface area contributed by atoms with E-state index in [9.17, 15) is 9.59 Å². The predicted molar refractivity (Wildman–Crippen MR) is 108 cm³/mol. The lowest BCUT2D eigenvalue weighted by Gasteiger charge is -2.08. The van der Waals surface area contributed by atoms with E-state index < -0.39 is 5.97 Å². The summed E-state index contributed by atoms with van der Waals surface area (Å²) in [7, 11) is 0. The zero-order valence-electron chi connectivity index (χ0n) is 14.7. The van der Waals surface area contributed by atoms with Crippen LogP contribution < -0.4 is 5.32 Å². The number of amides is 1. The minimum Gasteiger partial charge on any atom is -0.451 e. The van der Waals surface area contributed by atoms with Gasteiger partial charge in [0.05, 0.1) is 0 Å². The lowest BCUT2D eigenvalue weighted by atomic mass is 10.1. The van der Waals surface area contributed by atoms with E-state index in [4.69, 9.17) is 16.3 Å². The van der Waals surface area contributed by atoms with Gasteiger partial charge in [-0.3, -0.25) is 4.79 Å². The molecule has 0 unspecified atom stereocenters. The SMILES string of the molecule is Cc1ccc(-c2ccsc2C(=O)OCC(=O)NCc2cccc(Cl)c2)cc1. The van der Waals surface area contributed by atoms with Crippen LogP contribution in [0.15, 0.2) is 60.0 Å². The van der Waals surface area contributed by atoms with Crippen LogP contribution in [0, 0.1) is 6.92 Å². The summed E-state index contributed by atoms with van der Waals surface area (Å²) in [5, 5.41) is 5.15. The summed E-state index contributed by atoms with van der Waals surface area (Å²) in [6, 6.07) is 17.0. The lowest BCUT2D eigenvalue weighted by Crippen LogP contribution is -2.28. The number of aryl methyl sites for hydroxylation is 1. The molecule has 0 aliphatic rings. The van der Waals surface area contributed by atoms with Crippen LogP contribution in [0.25, 0.3) is 11.1 Å². The standard InChI is InChI=1S/C21H18ClNO3S/c1-14-5-7-16(8-6-14)18-9-10-27-20(18)21(25)26-13-19(24)23-12-15-3-2-4-17(22)11-15/h2-11H,12-13H2,1H3,(H,23,24). The Hall–Kier alpha value is -2.63. The highest BCUT2D eigenvalue weighted by Gasteiger charge is 2.17. The average molecular weight is 400 g/mol. The molecule has 0 aliphatic carbocycles. The number of halogens is 1. The maximum absolute atomic E-state index is 12.4. The molecular formula is C21H18ClNO3S. The molecule has 0 saturated heterocycles. The van der Waals surface area contributed by atoms with Gasteiger partial charge in [0.25, 0.3) is 5.91 Å². The van der Waals surface area contributed by atoms with E-state index >= 15 is 0 Å². The summed E-state index contributed by atoms with van der Waals surface area (Å²) in [4.78, 5) is 24.8. The van der Waals surface area contributed by atoms with Crippen LogP contribution in [0.4, 0.5) is 0 Å². The van der Waals surface area contributed by atoms with Crippen molar-refractivity contribution in [3.63, 3.8) is 0 Å². The van der Waals surface area contributed by atoms with Gasteiger partial charge in [-0.2, -0.15) is 0 Å². The molecule has 0 spiro atoms. The van der Waals surface area contributed by atoms with E-state index in [-0.39, 0.29) is 12.5 Å². The number of hydrogen-bond donors (Lipinski definition) is 1. The number of rotatable bonds is 6. The number of hydrogen-bond acceptors (Lipinski definition) is 4. The monoisotopic (exact) mass is 399 g/mol. The Kier molecular flexibility index (Phi) is 6.27. The third-order valence-electron chi connectivity index (χ3n) is 3.93. The van der Waals surface area contributed by atoms with Crippen LogP contribution in [-0.2, 0) is 16.1 Å². The highest BCUT2D eigenvalue weighted by molar-refractivity contribution is 7.12. The number of thiophene rings is 1. The molecule has 3 rings (SSSR count). The van der Waals surface area contributed by atoms with Crippen molar-refractivity contribution in [3.8, 4) is 11.1 Å². The highest BCUT2D eigenvalue weighted by Crippen LogP contribution is 2.29. The maximum Gasteiger partial charge on any atom is 0.349 e. The highest BCUT2D eigenvalue weighted by atomic mass is 35.5. The number of benzene rings is 2. The van der Waals surface area contributed by atoms with Crippen molar-refractivity contribution < 1.29 is 14.3 Å². The number of nitrogens with one attached hydrogen (secondary N) is 1. The lowest BCUT2D eigenvalue weighted by molar-refractivity contribution is -0.124. The fourth-order valence-corrected chi connectivity index (χ4v) is 3.54. The first-order chi connectivity index (χ1) is 13.0. The van der Waals surface area contributed by atoms with Gasteiger partial charge in [-0.1, -0.05) is 53.6 Å². The Bertz CT molecular complexity index is 950. The number of carbonyl (C=O) groups excluding carboxylic acids is 2. The minimum absolute atomic E-state index is 0.324. The second-order valence-corrected chi connectivity index (χ2v) is 7.36. The Balaban J connectivity index is 1.56. The largest absolute Gasteiger partial charge is 0.451 e. The topological polar surface area (TPSA) is 55.4 Å². The van der Waals surface area contributed by atoms with E-state index in [1.165, 1.54) is 11.3 Å². The molecule has 27 heavy (non-hydrogen) atoms. The van der Waals surface area contributed by atoms with Crippen LogP contribution in [0.3, 0.4) is 0 Å². The number of ether oxygens (including phenoxy) is 1. The van der Waals surface area contributed by atoms with Gasteiger partial charge in [-0.25, -0.2) is 4.79 Å². The van der Waals surface area contributed by atoms with E-state index in [0.29, 0.717) is 16.4 Å². The summed E-state index contributed by atoms with van der Waals surface area (Å²) in [6.45, 7) is 2.00. The molecule has 1 N–H and O–H groups in total. The van der Waals surface area contributed by atoms with Gasteiger partial charge in [-0.05, 0) is 41.6 Å². The third kappa shape index (κ3) is 5.18. The molecule has 3 aromatic rings. The first-order valence-electron chi connectivity index (χ1n) is 8.36. The van der Waals surface area contributed by atoms with Crippen LogP contribution >= 0.6 is 22.9 Å². The first-order valence-corrected chi connectivity index (χ1v) is 9.61. The molecule has 4 nitrogen and oxygen atoms in total. The summed E-state index contributed by atoms with van der Waals surface area (Å²) in [6.07, 6.45) is 0. The molecule has 1 aromatic heterocycles. The quantitative estimate of drug-likeness (QED) is 0.603. The second kappa shape index (κ2) is 8.84. The Labute approximate surface area is 166 Å². The van der Waals surface area contributed by atoms with Gasteiger partial charge < -0.3 is 10.1 Å². The van der Waals surface area contributed by atoms with Crippen molar-refractivity contribution >= 4 is 34.8 Å². The van der Waals surface area contributed by atoms with E-state index in [1.54, 1.807) is 12.1 Å².